The lowest BCUT2D eigenvalue weighted by Gasteiger charge is -2.20. The van der Waals surface area contributed by atoms with Crippen molar-refractivity contribution in [3.05, 3.63) is 48.3 Å². The van der Waals surface area contributed by atoms with E-state index in [2.05, 4.69) is 15.4 Å². The Morgan fingerprint density at radius 2 is 1.93 bits per heavy atom. The van der Waals surface area contributed by atoms with Gasteiger partial charge in [0.15, 0.2) is 11.5 Å². The zero-order chi connectivity index (χ0) is 19.3. The standard InChI is InChI=1S/C21H22FN5O/c1-26-10-16-7-14(9-19(28-2)20(16)25-26)15-8-17(22)21-24-18(12-27(21)11-15)13-3-5-23-6-4-13/h7-13,23H,3-6H2,1-2H3. The third kappa shape index (κ3) is 2.82. The lowest BCUT2D eigenvalue weighted by atomic mass is 9.95. The Kier molecular flexibility index (Phi) is 4.05. The highest BCUT2D eigenvalue weighted by Crippen LogP contribution is 2.33. The first kappa shape index (κ1) is 17.2. The van der Waals surface area contributed by atoms with Crippen molar-refractivity contribution in [2.45, 2.75) is 18.8 Å². The predicted molar refractivity (Wildman–Crippen MR) is 106 cm³/mol. The van der Waals surface area contributed by atoms with Crippen LogP contribution in [0.4, 0.5) is 4.39 Å². The van der Waals surface area contributed by atoms with Crippen LogP contribution >= 0.6 is 0 Å². The number of ether oxygens (including phenoxy) is 1. The summed E-state index contributed by atoms with van der Waals surface area (Å²) in [6, 6.07) is 5.46. The van der Waals surface area contributed by atoms with Gasteiger partial charge in [-0.2, -0.15) is 5.10 Å². The van der Waals surface area contributed by atoms with Crippen molar-refractivity contribution in [1.29, 1.82) is 0 Å². The summed E-state index contributed by atoms with van der Waals surface area (Å²) in [5, 5.41) is 8.76. The predicted octanol–water partition coefficient (Wildman–Crippen LogP) is 3.50. The van der Waals surface area contributed by atoms with Gasteiger partial charge in [-0.1, -0.05) is 0 Å². The Bertz CT molecular complexity index is 1170. The van der Waals surface area contributed by atoms with Gasteiger partial charge in [-0.25, -0.2) is 9.37 Å². The maximum absolute atomic E-state index is 14.9. The van der Waals surface area contributed by atoms with Gasteiger partial charge in [-0.3, -0.25) is 4.68 Å². The summed E-state index contributed by atoms with van der Waals surface area (Å²) in [6.45, 7) is 1.97. The van der Waals surface area contributed by atoms with Crippen LogP contribution in [0.1, 0.15) is 24.5 Å². The van der Waals surface area contributed by atoms with Crippen molar-refractivity contribution in [2.75, 3.05) is 20.2 Å². The van der Waals surface area contributed by atoms with E-state index in [9.17, 15) is 4.39 Å². The third-order valence-corrected chi connectivity index (χ3v) is 5.52. The van der Waals surface area contributed by atoms with Crippen molar-refractivity contribution in [3.63, 3.8) is 0 Å². The number of nitrogens with one attached hydrogen (secondary N) is 1. The molecule has 0 amide bonds. The summed E-state index contributed by atoms with van der Waals surface area (Å²) in [4.78, 5) is 4.58. The topological polar surface area (TPSA) is 56.4 Å². The van der Waals surface area contributed by atoms with Crippen LogP contribution in [0.15, 0.2) is 36.8 Å². The number of imidazole rings is 1. The molecule has 1 saturated heterocycles. The number of nitrogens with zero attached hydrogens (tertiary/aromatic N) is 4. The van der Waals surface area contributed by atoms with Crippen molar-refractivity contribution < 1.29 is 9.13 Å². The first-order valence-electron chi connectivity index (χ1n) is 9.53. The van der Waals surface area contributed by atoms with Gasteiger partial charge in [0, 0.05) is 42.5 Å². The minimum Gasteiger partial charge on any atom is -0.494 e. The first-order chi connectivity index (χ1) is 13.6. The largest absolute Gasteiger partial charge is 0.494 e. The second-order valence-corrected chi connectivity index (χ2v) is 7.42. The molecule has 4 heterocycles. The summed E-state index contributed by atoms with van der Waals surface area (Å²) >= 11 is 0. The number of benzene rings is 1. The minimum atomic E-state index is -0.317. The number of aromatic nitrogens is 4. The van der Waals surface area contributed by atoms with Gasteiger partial charge in [0.2, 0.25) is 0 Å². The molecule has 1 aliphatic rings. The van der Waals surface area contributed by atoms with Crippen LogP contribution in [-0.2, 0) is 7.05 Å². The van der Waals surface area contributed by atoms with Crippen molar-refractivity contribution >= 4 is 16.6 Å². The van der Waals surface area contributed by atoms with E-state index in [4.69, 9.17) is 4.74 Å². The molecule has 5 rings (SSSR count). The highest BCUT2D eigenvalue weighted by molar-refractivity contribution is 5.89. The number of piperidine rings is 1. The number of rotatable bonds is 3. The van der Waals surface area contributed by atoms with E-state index in [-0.39, 0.29) is 5.82 Å². The van der Waals surface area contributed by atoms with E-state index in [1.807, 2.05) is 42.2 Å². The number of pyridine rings is 1. The second-order valence-electron chi connectivity index (χ2n) is 7.42. The molecule has 1 aliphatic heterocycles. The summed E-state index contributed by atoms with van der Waals surface area (Å²) in [7, 11) is 3.50. The SMILES string of the molecule is COc1cc(-c2cc(F)c3nc(C4CCNCC4)cn3c2)cc2cn(C)nc12. The lowest BCUT2D eigenvalue weighted by Crippen LogP contribution is -2.26. The fourth-order valence-corrected chi connectivity index (χ4v) is 4.09. The summed E-state index contributed by atoms with van der Waals surface area (Å²) in [6.07, 6.45) is 7.91. The van der Waals surface area contributed by atoms with Crippen LogP contribution in [-0.4, -0.2) is 39.4 Å². The highest BCUT2D eigenvalue weighted by Gasteiger charge is 2.20. The molecular formula is C21H22FN5O. The first-order valence-corrected chi connectivity index (χ1v) is 9.53. The Hall–Kier alpha value is -2.93. The number of hydrogen-bond acceptors (Lipinski definition) is 4. The quantitative estimate of drug-likeness (QED) is 0.592. The molecule has 1 fully saturated rings. The van der Waals surface area contributed by atoms with Crippen molar-refractivity contribution in [1.82, 2.24) is 24.5 Å². The fourth-order valence-electron chi connectivity index (χ4n) is 4.09. The van der Waals surface area contributed by atoms with E-state index in [1.54, 1.807) is 17.9 Å². The van der Waals surface area contributed by atoms with Gasteiger partial charge in [0.05, 0.1) is 12.8 Å². The van der Waals surface area contributed by atoms with Crippen LogP contribution in [0.5, 0.6) is 5.75 Å². The summed E-state index contributed by atoms with van der Waals surface area (Å²) < 4.78 is 23.9. The van der Waals surface area contributed by atoms with Gasteiger partial charge in [0.25, 0.3) is 0 Å². The van der Waals surface area contributed by atoms with Crippen LogP contribution in [0, 0.1) is 5.82 Å². The molecule has 7 heteroatoms. The lowest BCUT2D eigenvalue weighted by molar-refractivity contribution is 0.418. The zero-order valence-electron chi connectivity index (χ0n) is 15.9. The highest BCUT2D eigenvalue weighted by atomic mass is 19.1. The average Bonchev–Trinajstić information content (AvgIpc) is 3.30. The second kappa shape index (κ2) is 6.60. The number of halogens is 1. The van der Waals surface area contributed by atoms with Gasteiger partial charge in [-0.15, -0.1) is 0 Å². The Morgan fingerprint density at radius 3 is 2.71 bits per heavy atom. The molecule has 0 atom stereocenters. The number of methoxy groups -OCH3 is 1. The number of aryl methyl sites for hydroxylation is 1. The molecule has 3 aromatic heterocycles. The Morgan fingerprint density at radius 1 is 1.11 bits per heavy atom. The number of hydrogen-bond donors (Lipinski definition) is 1. The van der Waals surface area contributed by atoms with Gasteiger partial charge in [0.1, 0.15) is 11.3 Å². The molecule has 0 saturated carbocycles. The van der Waals surface area contributed by atoms with E-state index < -0.39 is 0 Å². The monoisotopic (exact) mass is 379 g/mol. The minimum absolute atomic E-state index is 0.317. The van der Waals surface area contributed by atoms with Crippen LogP contribution < -0.4 is 10.1 Å². The van der Waals surface area contributed by atoms with Crippen LogP contribution in [0.25, 0.3) is 27.7 Å². The van der Waals surface area contributed by atoms with Crippen LogP contribution in [0.2, 0.25) is 0 Å². The Balaban J connectivity index is 1.62. The molecule has 28 heavy (non-hydrogen) atoms. The zero-order valence-corrected chi connectivity index (χ0v) is 15.9. The maximum atomic E-state index is 14.9. The number of fused-ring (bicyclic) bond motifs is 2. The molecular weight excluding hydrogens is 357 g/mol. The normalized spacial score (nSPS) is 15.5. The molecule has 144 valence electrons. The molecule has 1 N–H and O–H groups in total. The molecule has 6 nitrogen and oxygen atoms in total. The molecule has 1 aromatic carbocycles. The van der Waals surface area contributed by atoms with Crippen molar-refractivity contribution in [3.8, 4) is 16.9 Å². The molecule has 0 bridgehead atoms. The van der Waals surface area contributed by atoms with E-state index in [0.717, 1.165) is 53.7 Å². The fraction of sp³-hybridized carbons (Fsp3) is 0.333. The Labute approximate surface area is 161 Å². The van der Waals surface area contributed by atoms with Gasteiger partial charge in [-0.05, 0) is 49.7 Å². The molecule has 0 aliphatic carbocycles. The van der Waals surface area contributed by atoms with Gasteiger partial charge < -0.3 is 14.5 Å². The molecule has 0 unspecified atom stereocenters. The van der Waals surface area contributed by atoms with E-state index >= 15 is 0 Å². The van der Waals surface area contributed by atoms with Gasteiger partial charge >= 0.3 is 0 Å². The third-order valence-electron chi connectivity index (χ3n) is 5.52. The van der Waals surface area contributed by atoms with E-state index in [0.29, 0.717) is 17.3 Å². The molecule has 4 aromatic rings. The van der Waals surface area contributed by atoms with E-state index in [1.165, 1.54) is 0 Å². The van der Waals surface area contributed by atoms with Crippen molar-refractivity contribution in [2.24, 2.45) is 7.05 Å². The van der Waals surface area contributed by atoms with Crippen LogP contribution in [0.3, 0.4) is 0 Å². The molecule has 0 spiro atoms. The summed E-state index contributed by atoms with van der Waals surface area (Å²) in [5.41, 5.74) is 3.81. The average molecular weight is 379 g/mol. The smallest absolute Gasteiger partial charge is 0.173 e. The molecule has 0 radical (unpaired) electrons. The summed E-state index contributed by atoms with van der Waals surface area (Å²) in [5.74, 6) is 0.744. The maximum Gasteiger partial charge on any atom is 0.173 e.